The van der Waals surface area contributed by atoms with Gasteiger partial charge in [0.05, 0.1) is 19.9 Å². The van der Waals surface area contributed by atoms with E-state index < -0.39 is 12.2 Å². The predicted molar refractivity (Wildman–Crippen MR) is 109 cm³/mol. The van der Waals surface area contributed by atoms with Crippen molar-refractivity contribution in [2.75, 3.05) is 20.8 Å². The highest BCUT2D eigenvalue weighted by Crippen LogP contribution is 2.36. The maximum Gasteiger partial charge on any atom is 0.163 e. The summed E-state index contributed by atoms with van der Waals surface area (Å²) in [7, 11) is 3.21. The van der Waals surface area contributed by atoms with Crippen molar-refractivity contribution in [3.8, 4) is 28.7 Å². The van der Waals surface area contributed by atoms with Crippen LogP contribution in [-0.4, -0.2) is 37.0 Å². The molecule has 1 N–H and O–H groups in total. The molecule has 0 spiro atoms. The van der Waals surface area contributed by atoms with Crippen LogP contribution in [0.3, 0.4) is 0 Å². The van der Waals surface area contributed by atoms with Crippen molar-refractivity contribution < 1.29 is 28.8 Å². The molecule has 7 nitrogen and oxygen atoms in total. The van der Waals surface area contributed by atoms with Crippen molar-refractivity contribution in [2.45, 2.75) is 18.8 Å². The Balaban J connectivity index is 1.44. The molecule has 4 rings (SSSR count). The summed E-state index contributed by atoms with van der Waals surface area (Å²) in [5, 5.41) is 10.8. The Bertz CT molecular complexity index is 991. The quantitative estimate of drug-likeness (QED) is 0.639. The minimum absolute atomic E-state index is 0.244. The lowest BCUT2D eigenvalue weighted by Gasteiger charge is -2.31. The third-order valence-corrected chi connectivity index (χ3v) is 4.81. The summed E-state index contributed by atoms with van der Waals surface area (Å²) in [4.78, 5) is 4.27. The van der Waals surface area contributed by atoms with Crippen LogP contribution >= 0.6 is 0 Å². The number of aromatic nitrogens is 1. The van der Waals surface area contributed by atoms with E-state index in [0.29, 0.717) is 22.8 Å². The van der Waals surface area contributed by atoms with Crippen LogP contribution in [0.2, 0.25) is 0 Å². The van der Waals surface area contributed by atoms with Gasteiger partial charge < -0.3 is 28.8 Å². The van der Waals surface area contributed by atoms with Crippen molar-refractivity contribution in [1.82, 2.24) is 4.98 Å². The fourth-order valence-electron chi connectivity index (χ4n) is 3.19. The molecule has 0 fully saturated rings. The summed E-state index contributed by atoms with van der Waals surface area (Å²) in [5.74, 6) is 3.30. The molecule has 0 aliphatic carbocycles. The van der Waals surface area contributed by atoms with Gasteiger partial charge in [-0.05, 0) is 48.5 Å². The Labute approximate surface area is 174 Å². The lowest BCUT2D eigenvalue weighted by atomic mass is 10.0. The first-order valence-electron chi connectivity index (χ1n) is 9.53. The fraction of sp³-hybridized carbons (Fsp3) is 0.261. The molecule has 30 heavy (non-hydrogen) atoms. The molecule has 2 heterocycles. The summed E-state index contributed by atoms with van der Waals surface area (Å²) in [6, 6.07) is 16.1. The van der Waals surface area contributed by atoms with Crippen molar-refractivity contribution in [3.63, 3.8) is 0 Å². The number of ether oxygens (including phenoxy) is 5. The topological polar surface area (TPSA) is 79.3 Å². The molecular formula is C23H23NO6. The van der Waals surface area contributed by atoms with Crippen LogP contribution in [0.15, 0.2) is 60.8 Å². The summed E-state index contributed by atoms with van der Waals surface area (Å²) in [6.45, 7) is 0.521. The summed E-state index contributed by atoms with van der Waals surface area (Å²) < 4.78 is 27.9. The lowest BCUT2D eigenvalue weighted by Crippen LogP contribution is -2.35. The molecule has 1 aliphatic heterocycles. The maximum absolute atomic E-state index is 10.8. The third kappa shape index (κ3) is 4.41. The number of aliphatic hydroxyl groups is 1. The van der Waals surface area contributed by atoms with Gasteiger partial charge in [0.15, 0.2) is 6.10 Å². The van der Waals surface area contributed by atoms with Crippen LogP contribution in [0.1, 0.15) is 17.4 Å². The van der Waals surface area contributed by atoms with E-state index in [1.165, 1.54) is 0 Å². The van der Waals surface area contributed by atoms with Crippen molar-refractivity contribution in [2.24, 2.45) is 0 Å². The molecule has 0 bridgehead atoms. The second-order valence-electron chi connectivity index (χ2n) is 6.76. The second kappa shape index (κ2) is 8.92. The number of aliphatic hydroxyl groups excluding tert-OH is 1. The number of rotatable bonds is 7. The minimum Gasteiger partial charge on any atom is -0.497 e. The minimum atomic E-state index is -0.852. The number of pyridine rings is 1. The summed E-state index contributed by atoms with van der Waals surface area (Å²) >= 11 is 0. The fourth-order valence-corrected chi connectivity index (χ4v) is 3.19. The number of nitrogens with zero attached hydrogens (tertiary/aromatic N) is 1. The van der Waals surface area contributed by atoms with Crippen LogP contribution in [0.5, 0.6) is 28.7 Å². The maximum atomic E-state index is 10.8. The van der Waals surface area contributed by atoms with Gasteiger partial charge in [-0.15, -0.1) is 0 Å². The molecule has 2 aromatic carbocycles. The van der Waals surface area contributed by atoms with Gasteiger partial charge in [-0.2, -0.15) is 0 Å². The van der Waals surface area contributed by atoms with E-state index in [4.69, 9.17) is 23.7 Å². The van der Waals surface area contributed by atoms with Crippen LogP contribution in [0, 0.1) is 0 Å². The Morgan fingerprint density at radius 3 is 2.43 bits per heavy atom. The molecule has 0 amide bonds. The molecule has 1 aliphatic rings. The van der Waals surface area contributed by atoms with Gasteiger partial charge >= 0.3 is 0 Å². The van der Waals surface area contributed by atoms with E-state index in [0.717, 1.165) is 17.2 Å². The highest BCUT2D eigenvalue weighted by atomic mass is 16.5. The lowest BCUT2D eigenvalue weighted by molar-refractivity contribution is -0.0104. The van der Waals surface area contributed by atoms with Crippen LogP contribution < -0.4 is 23.7 Å². The first-order chi connectivity index (χ1) is 14.7. The van der Waals surface area contributed by atoms with Crippen molar-refractivity contribution >= 4 is 0 Å². The molecule has 0 radical (unpaired) electrons. The first kappa shape index (κ1) is 19.8. The molecule has 0 unspecified atom stereocenters. The Hall–Kier alpha value is -3.45. The van der Waals surface area contributed by atoms with Gasteiger partial charge in [0, 0.05) is 17.8 Å². The Kier molecular flexibility index (Phi) is 5.90. The molecule has 3 aromatic rings. The SMILES string of the molecule is COc1ccc(O[C@H]2COc3ccc(OCc4cc(OC)ccn4)cc3[C@H]2O)cc1. The highest BCUT2D eigenvalue weighted by Gasteiger charge is 2.31. The monoisotopic (exact) mass is 409 g/mol. The van der Waals surface area contributed by atoms with E-state index in [9.17, 15) is 5.11 Å². The van der Waals surface area contributed by atoms with Gasteiger partial charge in [0.1, 0.15) is 48.1 Å². The summed E-state index contributed by atoms with van der Waals surface area (Å²) in [5.41, 5.74) is 1.36. The van der Waals surface area contributed by atoms with Gasteiger partial charge in [-0.25, -0.2) is 0 Å². The number of fused-ring (bicyclic) bond motifs is 1. The van der Waals surface area contributed by atoms with Gasteiger partial charge in [0.25, 0.3) is 0 Å². The van der Waals surface area contributed by atoms with E-state index in [1.54, 1.807) is 68.9 Å². The smallest absolute Gasteiger partial charge is 0.163 e. The van der Waals surface area contributed by atoms with E-state index >= 15 is 0 Å². The number of methoxy groups -OCH3 is 2. The van der Waals surface area contributed by atoms with Crippen molar-refractivity contribution in [3.05, 3.63) is 72.1 Å². The number of hydrogen-bond acceptors (Lipinski definition) is 7. The molecular weight excluding hydrogens is 386 g/mol. The van der Waals surface area contributed by atoms with Gasteiger partial charge in [-0.1, -0.05) is 0 Å². The molecule has 1 aromatic heterocycles. The Morgan fingerprint density at radius 2 is 1.67 bits per heavy atom. The van der Waals surface area contributed by atoms with Gasteiger partial charge in [0.2, 0.25) is 0 Å². The zero-order valence-electron chi connectivity index (χ0n) is 16.8. The zero-order valence-corrected chi connectivity index (χ0v) is 16.8. The van der Waals surface area contributed by atoms with E-state index in [2.05, 4.69) is 4.98 Å². The first-order valence-corrected chi connectivity index (χ1v) is 9.53. The standard InChI is InChI=1S/C23H23NO6/c1-26-16-3-5-17(6-4-16)30-22-14-29-21-8-7-19(12-20(21)23(22)25)28-13-15-11-18(27-2)9-10-24-15/h3-12,22-23,25H,13-14H2,1-2H3/t22-,23+/m0/s1. The van der Waals surface area contributed by atoms with Crippen molar-refractivity contribution in [1.29, 1.82) is 0 Å². The predicted octanol–water partition coefficient (Wildman–Crippen LogP) is 3.55. The van der Waals surface area contributed by atoms with E-state index in [-0.39, 0.29) is 13.2 Å². The zero-order chi connectivity index (χ0) is 20.9. The average molecular weight is 409 g/mol. The van der Waals surface area contributed by atoms with Gasteiger partial charge in [-0.3, -0.25) is 4.98 Å². The number of hydrogen-bond donors (Lipinski definition) is 1. The van der Waals surface area contributed by atoms with E-state index in [1.807, 2.05) is 6.07 Å². The molecule has 7 heteroatoms. The number of benzene rings is 2. The molecule has 0 saturated heterocycles. The van der Waals surface area contributed by atoms with Crippen LogP contribution in [0.25, 0.3) is 0 Å². The average Bonchev–Trinajstić information content (AvgIpc) is 2.80. The van der Waals surface area contributed by atoms with Crippen LogP contribution in [-0.2, 0) is 6.61 Å². The molecule has 0 saturated carbocycles. The molecule has 2 atom stereocenters. The largest absolute Gasteiger partial charge is 0.497 e. The van der Waals surface area contributed by atoms with Crippen LogP contribution in [0.4, 0.5) is 0 Å². The highest BCUT2D eigenvalue weighted by molar-refractivity contribution is 5.44. The Morgan fingerprint density at radius 1 is 0.933 bits per heavy atom. The normalized spacial score (nSPS) is 17.4. The summed E-state index contributed by atoms with van der Waals surface area (Å²) in [6.07, 6.45) is 0.277. The second-order valence-corrected chi connectivity index (χ2v) is 6.76. The molecule has 156 valence electrons. The third-order valence-electron chi connectivity index (χ3n) is 4.81.